The second kappa shape index (κ2) is 4.80. The maximum absolute atomic E-state index is 5.78. The summed E-state index contributed by atoms with van der Waals surface area (Å²) in [5, 5.41) is 0.304. The van der Waals surface area contributed by atoms with E-state index in [0.29, 0.717) is 17.0 Å². The second-order valence-corrected chi connectivity index (χ2v) is 4.57. The van der Waals surface area contributed by atoms with Crippen molar-refractivity contribution in [3.63, 3.8) is 0 Å². The molecule has 0 aliphatic rings. The molecular weight excluding hydrogens is 244 g/mol. The van der Waals surface area contributed by atoms with Gasteiger partial charge in [0.2, 0.25) is 5.15 Å². The number of halogens is 1. The average molecular weight is 255 g/mol. The summed E-state index contributed by atoms with van der Waals surface area (Å²) in [7, 11) is 0. The van der Waals surface area contributed by atoms with Crippen molar-refractivity contribution in [1.29, 1.82) is 0 Å². The van der Waals surface area contributed by atoms with E-state index in [0.717, 1.165) is 17.5 Å². The van der Waals surface area contributed by atoms with Crippen LogP contribution in [0.25, 0.3) is 0 Å². The summed E-state index contributed by atoms with van der Waals surface area (Å²) in [6.45, 7) is 4.30. The Balaban J connectivity index is 2.14. The smallest absolute Gasteiger partial charge is 0.270 e. The molecule has 2 aromatic rings. The van der Waals surface area contributed by atoms with Crippen LogP contribution in [0.15, 0.2) is 24.3 Å². The number of hydrogen-bond acceptors (Lipinski definition) is 4. The molecule has 0 bridgehead atoms. The molecule has 0 atom stereocenters. The van der Waals surface area contributed by atoms with Gasteiger partial charge in [-0.25, -0.2) is 0 Å². The SMILES string of the molecule is CC(C)c1ccc(Oc2nsnc2Cl)cc1. The monoisotopic (exact) mass is 254 g/mol. The van der Waals surface area contributed by atoms with Crippen LogP contribution in [0, 0.1) is 0 Å². The zero-order valence-electron chi connectivity index (χ0n) is 8.98. The van der Waals surface area contributed by atoms with Crippen LogP contribution >= 0.6 is 23.3 Å². The molecule has 1 heterocycles. The number of nitrogens with zero attached hydrogens (tertiary/aromatic N) is 2. The highest BCUT2D eigenvalue weighted by molar-refractivity contribution is 6.99. The summed E-state index contributed by atoms with van der Waals surface area (Å²) in [6, 6.07) is 7.89. The number of aromatic nitrogens is 2. The number of hydrogen-bond donors (Lipinski definition) is 0. The first-order valence-corrected chi connectivity index (χ1v) is 6.03. The molecule has 84 valence electrons. The minimum Gasteiger partial charge on any atom is -0.436 e. The van der Waals surface area contributed by atoms with Gasteiger partial charge >= 0.3 is 0 Å². The lowest BCUT2D eigenvalue weighted by atomic mass is 10.0. The third-order valence-electron chi connectivity index (χ3n) is 2.18. The molecule has 0 N–H and O–H groups in total. The number of rotatable bonds is 3. The lowest BCUT2D eigenvalue weighted by Crippen LogP contribution is -1.88. The summed E-state index contributed by atoms with van der Waals surface area (Å²) in [4.78, 5) is 0. The summed E-state index contributed by atoms with van der Waals surface area (Å²) in [5.41, 5.74) is 1.27. The van der Waals surface area contributed by atoms with Crippen molar-refractivity contribution in [2.24, 2.45) is 0 Å². The van der Waals surface area contributed by atoms with Crippen molar-refractivity contribution in [2.45, 2.75) is 19.8 Å². The Bertz CT molecular complexity index is 467. The molecule has 5 heteroatoms. The maximum atomic E-state index is 5.78. The fourth-order valence-electron chi connectivity index (χ4n) is 1.26. The molecule has 0 aliphatic heterocycles. The first-order chi connectivity index (χ1) is 7.66. The molecular formula is C11H11ClN2OS. The van der Waals surface area contributed by atoms with E-state index in [1.54, 1.807) is 0 Å². The molecule has 0 aliphatic carbocycles. The predicted octanol–water partition coefficient (Wildman–Crippen LogP) is 4.11. The van der Waals surface area contributed by atoms with Gasteiger partial charge in [-0.2, -0.15) is 4.37 Å². The molecule has 0 amide bonds. The van der Waals surface area contributed by atoms with E-state index in [9.17, 15) is 0 Å². The Morgan fingerprint density at radius 1 is 1.19 bits per heavy atom. The Kier molecular flexibility index (Phi) is 3.41. The van der Waals surface area contributed by atoms with Crippen LogP contribution < -0.4 is 4.74 Å². The highest BCUT2D eigenvalue weighted by Gasteiger charge is 2.07. The summed E-state index contributed by atoms with van der Waals surface area (Å²) >= 11 is 6.82. The van der Waals surface area contributed by atoms with Crippen LogP contribution in [0.2, 0.25) is 5.15 Å². The first kappa shape index (κ1) is 11.4. The molecule has 0 radical (unpaired) electrons. The normalized spacial score (nSPS) is 10.8. The van der Waals surface area contributed by atoms with Crippen LogP contribution in [0.1, 0.15) is 25.3 Å². The van der Waals surface area contributed by atoms with Crippen molar-refractivity contribution in [3.8, 4) is 11.6 Å². The fraction of sp³-hybridized carbons (Fsp3) is 0.273. The van der Waals surface area contributed by atoms with Gasteiger partial charge in [0.25, 0.3) is 5.88 Å². The van der Waals surface area contributed by atoms with Crippen LogP contribution in [-0.4, -0.2) is 8.75 Å². The fourth-order valence-corrected chi connectivity index (χ4v) is 1.88. The van der Waals surface area contributed by atoms with Gasteiger partial charge in [-0.1, -0.05) is 37.6 Å². The van der Waals surface area contributed by atoms with Gasteiger partial charge in [0.15, 0.2) is 0 Å². The molecule has 1 aromatic carbocycles. The van der Waals surface area contributed by atoms with Gasteiger partial charge in [-0.15, -0.1) is 4.37 Å². The van der Waals surface area contributed by atoms with Crippen molar-refractivity contribution in [3.05, 3.63) is 35.0 Å². The first-order valence-electron chi connectivity index (χ1n) is 4.92. The number of benzene rings is 1. The van der Waals surface area contributed by atoms with E-state index >= 15 is 0 Å². The Labute approximate surface area is 103 Å². The molecule has 0 unspecified atom stereocenters. The van der Waals surface area contributed by atoms with Crippen LogP contribution in [0.5, 0.6) is 11.6 Å². The number of ether oxygens (including phenoxy) is 1. The van der Waals surface area contributed by atoms with Gasteiger partial charge in [0, 0.05) is 0 Å². The van der Waals surface area contributed by atoms with Crippen molar-refractivity contribution < 1.29 is 4.74 Å². The highest BCUT2D eigenvalue weighted by Crippen LogP contribution is 2.27. The Hall–Kier alpha value is -1.13. The van der Waals surface area contributed by atoms with Crippen molar-refractivity contribution >= 4 is 23.3 Å². The zero-order chi connectivity index (χ0) is 11.5. The van der Waals surface area contributed by atoms with E-state index in [-0.39, 0.29) is 0 Å². The van der Waals surface area contributed by atoms with Gasteiger partial charge in [-0.3, -0.25) is 0 Å². The molecule has 1 aromatic heterocycles. The minimum absolute atomic E-state index is 0.304. The van der Waals surface area contributed by atoms with Crippen LogP contribution in [0.4, 0.5) is 0 Å². The molecule has 0 saturated carbocycles. The lowest BCUT2D eigenvalue weighted by Gasteiger charge is -2.06. The largest absolute Gasteiger partial charge is 0.436 e. The summed E-state index contributed by atoms with van der Waals surface area (Å²) in [5.74, 6) is 1.60. The molecule has 0 spiro atoms. The predicted molar refractivity (Wildman–Crippen MR) is 65.5 cm³/mol. The van der Waals surface area contributed by atoms with Gasteiger partial charge in [0.05, 0.1) is 11.7 Å². The van der Waals surface area contributed by atoms with E-state index in [4.69, 9.17) is 16.3 Å². The van der Waals surface area contributed by atoms with Gasteiger partial charge in [0.1, 0.15) is 5.75 Å². The van der Waals surface area contributed by atoms with E-state index in [2.05, 4.69) is 22.6 Å². The standard InChI is InChI=1S/C11H11ClN2OS/c1-7(2)8-3-5-9(6-4-8)15-11-10(12)13-16-14-11/h3-7H,1-2H3. The van der Waals surface area contributed by atoms with Gasteiger partial charge < -0.3 is 4.74 Å². The molecule has 2 rings (SSSR count). The third-order valence-corrected chi connectivity index (χ3v) is 3.04. The van der Waals surface area contributed by atoms with Crippen LogP contribution in [0.3, 0.4) is 0 Å². The van der Waals surface area contributed by atoms with E-state index in [1.165, 1.54) is 5.56 Å². The second-order valence-electron chi connectivity index (χ2n) is 3.69. The topological polar surface area (TPSA) is 35.0 Å². The summed E-state index contributed by atoms with van der Waals surface area (Å²) < 4.78 is 13.3. The third kappa shape index (κ3) is 2.51. The van der Waals surface area contributed by atoms with Crippen LogP contribution in [-0.2, 0) is 0 Å². The molecule has 0 saturated heterocycles. The summed E-state index contributed by atoms with van der Waals surface area (Å²) in [6.07, 6.45) is 0. The highest BCUT2D eigenvalue weighted by atomic mass is 35.5. The Morgan fingerprint density at radius 3 is 2.38 bits per heavy atom. The molecule has 16 heavy (non-hydrogen) atoms. The quantitative estimate of drug-likeness (QED) is 0.827. The molecule has 3 nitrogen and oxygen atoms in total. The van der Waals surface area contributed by atoms with Crippen molar-refractivity contribution in [1.82, 2.24) is 8.75 Å². The Morgan fingerprint density at radius 2 is 1.88 bits per heavy atom. The minimum atomic E-state index is 0.304. The lowest BCUT2D eigenvalue weighted by molar-refractivity contribution is 0.468. The van der Waals surface area contributed by atoms with Crippen molar-refractivity contribution in [2.75, 3.05) is 0 Å². The maximum Gasteiger partial charge on any atom is 0.270 e. The average Bonchev–Trinajstić information content (AvgIpc) is 2.65. The van der Waals surface area contributed by atoms with E-state index < -0.39 is 0 Å². The zero-order valence-corrected chi connectivity index (χ0v) is 10.5. The van der Waals surface area contributed by atoms with E-state index in [1.807, 2.05) is 24.3 Å². The van der Waals surface area contributed by atoms with Gasteiger partial charge in [-0.05, 0) is 23.6 Å². The molecule has 0 fully saturated rings.